The molecule has 40 valence electrons. The molecule has 0 aromatic heterocycles. The van der Waals surface area contributed by atoms with E-state index in [1.807, 2.05) is 0 Å². The first kappa shape index (κ1) is 7.12. The van der Waals surface area contributed by atoms with Gasteiger partial charge in [-0.05, 0) is 25.7 Å². The fourth-order valence-electron chi connectivity index (χ4n) is 0.427. The van der Waals surface area contributed by atoms with Crippen LogP contribution in [0, 0.1) is 24.7 Å². The molecule has 0 amide bonds. The molecule has 0 heteroatoms. The zero-order valence-electron chi connectivity index (χ0n) is 4.83. The lowest BCUT2D eigenvalue weighted by atomic mass is 10.2. The molecule has 0 atom stereocenters. The van der Waals surface area contributed by atoms with Crippen molar-refractivity contribution in [2.45, 2.75) is 25.7 Å². The van der Waals surface area contributed by atoms with Gasteiger partial charge in [0.05, 0.1) is 0 Å². The first-order valence-corrected chi connectivity index (χ1v) is 2.71. The Morgan fingerprint density at radius 2 is 1.25 bits per heavy atom. The van der Waals surface area contributed by atoms with Crippen molar-refractivity contribution in [3.05, 3.63) is 12.8 Å². The summed E-state index contributed by atoms with van der Waals surface area (Å²) in [5, 5.41) is 0. The van der Waals surface area contributed by atoms with E-state index in [2.05, 4.69) is 11.8 Å². The van der Waals surface area contributed by atoms with Gasteiger partial charge in [-0.25, -0.2) is 0 Å². The Hall–Kier alpha value is -0.880. The lowest BCUT2D eigenvalue weighted by Gasteiger charge is -1.85. The molecular formula is C8H8. The maximum atomic E-state index is 6.52. The molecule has 0 aromatic rings. The van der Waals surface area contributed by atoms with Crippen molar-refractivity contribution in [3.8, 4) is 11.8 Å². The Morgan fingerprint density at radius 1 is 0.875 bits per heavy atom. The SMILES string of the molecule is [C]#CCCCCC#[C]. The highest BCUT2D eigenvalue weighted by Crippen LogP contribution is 1.95. The van der Waals surface area contributed by atoms with Crippen LogP contribution in [0.5, 0.6) is 0 Å². The maximum Gasteiger partial charge on any atom is 0.00992 e. The monoisotopic (exact) mass is 104 g/mol. The van der Waals surface area contributed by atoms with Crippen molar-refractivity contribution in [3.63, 3.8) is 0 Å². The van der Waals surface area contributed by atoms with Gasteiger partial charge in [0.1, 0.15) is 0 Å². The van der Waals surface area contributed by atoms with E-state index in [4.69, 9.17) is 12.8 Å². The summed E-state index contributed by atoms with van der Waals surface area (Å²) >= 11 is 0. The van der Waals surface area contributed by atoms with E-state index in [0.717, 1.165) is 25.7 Å². The highest BCUT2D eigenvalue weighted by atomic mass is 13.8. The van der Waals surface area contributed by atoms with Crippen molar-refractivity contribution in [2.24, 2.45) is 0 Å². The van der Waals surface area contributed by atoms with E-state index < -0.39 is 0 Å². The first-order chi connectivity index (χ1) is 3.91. The van der Waals surface area contributed by atoms with Gasteiger partial charge in [0.2, 0.25) is 0 Å². The van der Waals surface area contributed by atoms with Gasteiger partial charge in [0, 0.05) is 12.8 Å². The van der Waals surface area contributed by atoms with Gasteiger partial charge in [-0.1, -0.05) is 11.8 Å². The predicted octanol–water partition coefficient (Wildman–Crippen LogP) is 1.73. The lowest BCUT2D eigenvalue weighted by molar-refractivity contribution is 0.782. The molecule has 8 heavy (non-hydrogen) atoms. The van der Waals surface area contributed by atoms with E-state index >= 15 is 0 Å². The van der Waals surface area contributed by atoms with E-state index in [-0.39, 0.29) is 0 Å². The molecule has 0 rings (SSSR count). The van der Waals surface area contributed by atoms with Crippen molar-refractivity contribution < 1.29 is 0 Å². The number of hydrogen-bond acceptors (Lipinski definition) is 0. The number of unbranched alkanes of at least 4 members (excludes halogenated alkanes) is 3. The minimum atomic E-state index is 0.724. The first-order valence-electron chi connectivity index (χ1n) is 2.71. The second-order valence-electron chi connectivity index (χ2n) is 1.56. The average Bonchev–Trinajstić information content (AvgIpc) is 1.81. The molecule has 0 unspecified atom stereocenters. The summed E-state index contributed by atoms with van der Waals surface area (Å²) in [6.45, 7) is 0. The van der Waals surface area contributed by atoms with Crippen LogP contribution in [0.1, 0.15) is 25.7 Å². The number of hydrogen-bond donors (Lipinski definition) is 0. The van der Waals surface area contributed by atoms with Crippen LogP contribution in [-0.2, 0) is 0 Å². The summed E-state index contributed by atoms with van der Waals surface area (Å²) < 4.78 is 0. The Morgan fingerprint density at radius 3 is 1.50 bits per heavy atom. The largest absolute Gasteiger partial charge is 0.0891 e. The van der Waals surface area contributed by atoms with Gasteiger partial charge >= 0.3 is 0 Å². The minimum Gasteiger partial charge on any atom is -0.0891 e. The minimum absolute atomic E-state index is 0.724. The molecule has 0 nitrogen and oxygen atoms in total. The fourth-order valence-corrected chi connectivity index (χ4v) is 0.427. The summed E-state index contributed by atoms with van der Waals surface area (Å²) in [6, 6.07) is 0. The van der Waals surface area contributed by atoms with Crippen LogP contribution in [0.15, 0.2) is 0 Å². The summed E-state index contributed by atoms with van der Waals surface area (Å²) in [5.41, 5.74) is 0. The Labute approximate surface area is 51.3 Å². The second-order valence-corrected chi connectivity index (χ2v) is 1.56. The quantitative estimate of drug-likeness (QED) is 0.378. The summed E-state index contributed by atoms with van der Waals surface area (Å²) in [5.74, 6) is 4.58. The molecule has 0 fully saturated rings. The molecule has 0 aliphatic rings. The third-order valence-electron chi connectivity index (χ3n) is 0.854. The van der Waals surface area contributed by atoms with Crippen molar-refractivity contribution in [1.82, 2.24) is 0 Å². The van der Waals surface area contributed by atoms with Gasteiger partial charge in [-0.3, -0.25) is 0 Å². The molecule has 0 bridgehead atoms. The molecular weight excluding hydrogens is 96.1 g/mol. The lowest BCUT2D eigenvalue weighted by Crippen LogP contribution is -1.70. The topological polar surface area (TPSA) is 0 Å². The van der Waals surface area contributed by atoms with Crippen LogP contribution < -0.4 is 0 Å². The molecule has 0 N–H and O–H groups in total. The molecule has 2 radical (unpaired) electrons. The average molecular weight is 104 g/mol. The molecule has 0 heterocycles. The molecule has 0 spiro atoms. The molecule has 0 saturated heterocycles. The van der Waals surface area contributed by atoms with Crippen molar-refractivity contribution >= 4 is 0 Å². The van der Waals surface area contributed by atoms with Crippen LogP contribution in [0.4, 0.5) is 0 Å². The van der Waals surface area contributed by atoms with Crippen molar-refractivity contribution in [1.29, 1.82) is 0 Å². The third kappa shape index (κ3) is 5.12. The molecule has 0 aromatic carbocycles. The Bertz CT molecular complexity index is 93.0. The van der Waals surface area contributed by atoms with E-state index in [1.54, 1.807) is 0 Å². The summed E-state index contributed by atoms with van der Waals surface area (Å²) in [6.07, 6.45) is 16.4. The van der Waals surface area contributed by atoms with Gasteiger partial charge in [0.15, 0.2) is 0 Å². The van der Waals surface area contributed by atoms with Crippen LogP contribution in [0.2, 0.25) is 0 Å². The van der Waals surface area contributed by atoms with Gasteiger partial charge in [0.25, 0.3) is 0 Å². The maximum absolute atomic E-state index is 6.52. The highest BCUT2D eigenvalue weighted by molar-refractivity contribution is 4.78. The zero-order chi connectivity index (χ0) is 6.24. The van der Waals surface area contributed by atoms with E-state index in [1.165, 1.54) is 0 Å². The van der Waals surface area contributed by atoms with Gasteiger partial charge in [-0.2, -0.15) is 0 Å². The summed E-state index contributed by atoms with van der Waals surface area (Å²) in [7, 11) is 0. The predicted molar refractivity (Wildman–Crippen MR) is 32.7 cm³/mol. The van der Waals surface area contributed by atoms with E-state index in [9.17, 15) is 0 Å². The van der Waals surface area contributed by atoms with Gasteiger partial charge < -0.3 is 0 Å². The molecule has 0 aliphatic carbocycles. The number of rotatable bonds is 3. The Balaban J connectivity index is 2.77. The van der Waals surface area contributed by atoms with Crippen molar-refractivity contribution in [2.75, 3.05) is 0 Å². The van der Waals surface area contributed by atoms with Crippen LogP contribution >= 0.6 is 0 Å². The zero-order valence-corrected chi connectivity index (χ0v) is 4.83. The molecule has 0 saturated carbocycles. The van der Waals surface area contributed by atoms with Gasteiger partial charge in [-0.15, -0.1) is 0 Å². The highest BCUT2D eigenvalue weighted by Gasteiger charge is 1.80. The molecule has 0 aliphatic heterocycles. The normalized spacial score (nSPS) is 7.25. The fraction of sp³-hybridized carbons (Fsp3) is 0.500. The Kier molecular flexibility index (Phi) is 5.45. The summed E-state index contributed by atoms with van der Waals surface area (Å²) in [4.78, 5) is 0. The smallest absolute Gasteiger partial charge is 0.00992 e. The van der Waals surface area contributed by atoms with Crippen LogP contribution in [0.3, 0.4) is 0 Å². The van der Waals surface area contributed by atoms with Crippen LogP contribution in [-0.4, -0.2) is 0 Å². The van der Waals surface area contributed by atoms with E-state index in [0.29, 0.717) is 0 Å². The standard InChI is InChI=1S/C8H8/c1-3-5-7-8-6-4-2/h5-8H2. The third-order valence-corrected chi connectivity index (χ3v) is 0.854. The van der Waals surface area contributed by atoms with Crippen LogP contribution in [0.25, 0.3) is 0 Å². The second kappa shape index (κ2) is 6.12.